The van der Waals surface area contributed by atoms with E-state index in [-0.39, 0.29) is 11.4 Å². The normalized spacial score (nSPS) is 12.2. The van der Waals surface area contributed by atoms with Crippen LogP contribution in [0.15, 0.2) is 35.4 Å². The predicted molar refractivity (Wildman–Crippen MR) is 73.5 cm³/mol. The summed E-state index contributed by atoms with van der Waals surface area (Å²) in [6, 6.07) is 6.74. The van der Waals surface area contributed by atoms with Gasteiger partial charge in [-0.05, 0) is 37.4 Å². The molecule has 0 radical (unpaired) electrons. The maximum Gasteiger partial charge on any atom is 0.237 e. The van der Waals surface area contributed by atoms with Crippen LogP contribution in [0.1, 0.15) is 13.8 Å². The quantitative estimate of drug-likeness (QED) is 0.916. The van der Waals surface area contributed by atoms with Gasteiger partial charge in [0.05, 0.1) is 10.1 Å². The van der Waals surface area contributed by atoms with Crippen LogP contribution in [0.5, 0.6) is 0 Å². The largest absolute Gasteiger partial charge is 0.368 e. The maximum atomic E-state index is 12.1. The van der Waals surface area contributed by atoms with Crippen LogP contribution < -0.4 is 5.73 Å². The number of rotatable bonds is 4. The summed E-state index contributed by atoms with van der Waals surface area (Å²) < 4.78 is 25.9. The van der Waals surface area contributed by atoms with E-state index in [0.29, 0.717) is 5.52 Å². The van der Waals surface area contributed by atoms with Crippen LogP contribution in [0.4, 0.5) is 0 Å². The molecule has 1 aromatic heterocycles. The van der Waals surface area contributed by atoms with Gasteiger partial charge < -0.3 is 10.3 Å². The molecule has 0 aliphatic heterocycles. The molecule has 0 aliphatic carbocycles. The molecule has 2 N–H and O–H groups in total. The first-order valence-corrected chi connectivity index (χ1v) is 7.48. The average molecular weight is 280 g/mol. The Kier molecular flexibility index (Phi) is 3.36. The topological polar surface area (TPSA) is 82.2 Å². The molecule has 1 aromatic carbocycles. The van der Waals surface area contributed by atoms with E-state index in [0.717, 1.165) is 5.39 Å². The van der Waals surface area contributed by atoms with Crippen LogP contribution in [0.3, 0.4) is 0 Å². The zero-order chi connectivity index (χ0) is 14.2. The van der Waals surface area contributed by atoms with E-state index in [9.17, 15) is 13.2 Å². The van der Waals surface area contributed by atoms with Gasteiger partial charge in [-0.25, -0.2) is 8.42 Å². The number of hydrogen-bond acceptors (Lipinski definition) is 3. The molecule has 2 rings (SSSR count). The Morgan fingerprint density at radius 2 is 2.00 bits per heavy atom. The van der Waals surface area contributed by atoms with Crippen LogP contribution in [-0.4, -0.2) is 24.1 Å². The van der Waals surface area contributed by atoms with Gasteiger partial charge in [0.2, 0.25) is 5.91 Å². The number of aromatic nitrogens is 1. The molecule has 0 fully saturated rings. The molecule has 0 spiro atoms. The monoisotopic (exact) mass is 280 g/mol. The molecule has 5 nitrogen and oxygen atoms in total. The van der Waals surface area contributed by atoms with Gasteiger partial charge in [-0.2, -0.15) is 0 Å². The lowest BCUT2D eigenvalue weighted by Gasteiger charge is -2.09. The van der Waals surface area contributed by atoms with Gasteiger partial charge in [-0.3, -0.25) is 4.79 Å². The molecule has 0 unspecified atom stereocenters. The van der Waals surface area contributed by atoms with Crippen molar-refractivity contribution in [2.45, 2.75) is 30.5 Å². The highest BCUT2D eigenvalue weighted by Gasteiger charge is 2.19. The van der Waals surface area contributed by atoms with Crippen molar-refractivity contribution >= 4 is 26.6 Å². The molecule has 6 heteroatoms. The fourth-order valence-electron chi connectivity index (χ4n) is 1.92. The third-order valence-corrected chi connectivity index (χ3v) is 5.17. The number of fused-ring (bicyclic) bond motifs is 1. The second kappa shape index (κ2) is 4.70. The van der Waals surface area contributed by atoms with Gasteiger partial charge in [0.1, 0.15) is 6.54 Å². The van der Waals surface area contributed by atoms with E-state index in [2.05, 4.69) is 0 Å². The number of amides is 1. The van der Waals surface area contributed by atoms with Crippen molar-refractivity contribution in [3.8, 4) is 0 Å². The average Bonchev–Trinajstić information content (AvgIpc) is 2.71. The van der Waals surface area contributed by atoms with E-state index in [1.54, 1.807) is 42.8 Å². The lowest BCUT2D eigenvalue weighted by atomic mass is 10.2. The maximum absolute atomic E-state index is 12.1. The van der Waals surface area contributed by atoms with Gasteiger partial charge in [0.15, 0.2) is 9.84 Å². The van der Waals surface area contributed by atoms with Crippen molar-refractivity contribution < 1.29 is 13.2 Å². The summed E-state index contributed by atoms with van der Waals surface area (Å²) in [4.78, 5) is 11.2. The van der Waals surface area contributed by atoms with Gasteiger partial charge in [0.25, 0.3) is 0 Å². The molecule has 1 heterocycles. The summed E-state index contributed by atoms with van der Waals surface area (Å²) in [6.45, 7) is 3.32. The van der Waals surface area contributed by atoms with Gasteiger partial charge >= 0.3 is 0 Å². The van der Waals surface area contributed by atoms with Crippen molar-refractivity contribution in [1.82, 2.24) is 4.57 Å². The molecule has 19 heavy (non-hydrogen) atoms. The van der Waals surface area contributed by atoms with Crippen LogP contribution in [0.25, 0.3) is 10.9 Å². The lowest BCUT2D eigenvalue weighted by Crippen LogP contribution is -2.18. The Balaban J connectivity index is 2.59. The van der Waals surface area contributed by atoms with Crippen molar-refractivity contribution in [2.75, 3.05) is 0 Å². The Labute approximate surface area is 111 Å². The molecule has 0 atom stereocenters. The summed E-state index contributed by atoms with van der Waals surface area (Å²) in [5, 5.41) is 0.397. The highest BCUT2D eigenvalue weighted by atomic mass is 32.2. The zero-order valence-corrected chi connectivity index (χ0v) is 11.6. The fourth-order valence-corrected chi connectivity index (χ4v) is 3.00. The zero-order valence-electron chi connectivity index (χ0n) is 10.8. The number of hydrogen-bond donors (Lipinski definition) is 1. The van der Waals surface area contributed by atoms with Crippen LogP contribution in [-0.2, 0) is 21.2 Å². The van der Waals surface area contributed by atoms with Crippen LogP contribution in [0.2, 0.25) is 0 Å². The van der Waals surface area contributed by atoms with E-state index in [4.69, 9.17) is 5.73 Å². The molecule has 0 saturated carbocycles. The van der Waals surface area contributed by atoms with E-state index in [1.807, 2.05) is 6.07 Å². The Morgan fingerprint density at radius 1 is 1.32 bits per heavy atom. The number of carbonyl (C=O) groups is 1. The van der Waals surface area contributed by atoms with Crippen molar-refractivity contribution in [3.05, 3.63) is 30.5 Å². The summed E-state index contributed by atoms with van der Waals surface area (Å²) in [5.74, 6) is -0.463. The van der Waals surface area contributed by atoms with Gasteiger partial charge in [-0.15, -0.1) is 0 Å². The Hall–Kier alpha value is -1.82. The second-order valence-electron chi connectivity index (χ2n) is 4.72. The highest BCUT2D eigenvalue weighted by molar-refractivity contribution is 7.92. The molecule has 0 aliphatic rings. The molecule has 102 valence electrons. The first-order valence-electron chi connectivity index (χ1n) is 5.93. The number of benzene rings is 1. The summed E-state index contributed by atoms with van der Waals surface area (Å²) in [5.41, 5.74) is 5.86. The highest BCUT2D eigenvalue weighted by Crippen LogP contribution is 2.23. The van der Waals surface area contributed by atoms with Gasteiger partial charge in [-0.1, -0.05) is 6.07 Å². The standard InChI is InChI=1S/C13H16N2O3S/c1-9(2)19(17,18)11-4-3-10-5-6-15(8-13(14)16)12(10)7-11/h3-7,9H,8H2,1-2H3,(H2,14,16). The Morgan fingerprint density at radius 3 is 2.58 bits per heavy atom. The molecule has 0 bridgehead atoms. The third kappa shape index (κ3) is 2.49. The first kappa shape index (κ1) is 13.6. The lowest BCUT2D eigenvalue weighted by molar-refractivity contribution is -0.118. The van der Waals surface area contributed by atoms with E-state index in [1.165, 1.54) is 0 Å². The fraction of sp³-hybridized carbons (Fsp3) is 0.308. The number of nitrogens with two attached hydrogens (primary N) is 1. The molecular weight excluding hydrogens is 264 g/mol. The van der Waals surface area contributed by atoms with Crippen molar-refractivity contribution in [3.63, 3.8) is 0 Å². The third-order valence-electron chi connectivity index (χ3n) is 3.02. The van der Waals surface area contributed by atoms with Crippen molar-refractivity contribution in [1.29, 1.82) is 0 Å². The predicted octanol–water partition coefficient (Wildman–Crippen LogP) is 1.31. The minimum atomic E-state index is -3.32. The Bertz CT molecular complexity index is 729. The summed E-state index contributed by atoms with van der Waals surface area (Å²) in [6.07, 6.45) is 1.72. The van der Waals surface area contributed by atoms with Gasteiger partial charge in [0, 0.05) is 11.7 Å². The number of sulfone groups is 1. The number of primary amides is 1. The minimum Gasteiger partial charge on any atom is -0.368 e. The van der Waals surface area contributed by atoms with E-state index >= 15 is 0 Å². The van der Waals surface area contributed by atoms with E-state index < -0.39 is 21.0 Å². The summed E-state index contributed by atoms with van der Waals surface area (Å²) in [7, 11) is -3.32. The minimum absolute atomic E-state index is 0.0364. The molecule has 0 saturated heterocycles. The number of nitrogens with zero attached hydrogens (tertiary/aromatic N) is 1. The molecule has 1 amide bonds. The SMILES string of the molecule is CC(C)S(=O)(=O)c1ccc2ccn(CC(N)=O)c2c1. The smallest absolute Gasteiger partial charge is 0.237 e. The molecular formula is C13H16N2O3S. The first-order chi connectivity index (χ1) is 8.82. The molecule has 2 aromatic rings. The van der Waals surface area contributed by atoms with Crippen LogP contribution >= 0.6 is 0 Å². The summed E-state index contributed by atoms with van der Waals surface area (Å²) >= 11 is 0. The number of carbonyl (C=O) groups excluding carboxylic acids is 1. The van der Waals surface area contributed by atoms with Crippen molar-refractivity contribution in [2.24, 2.45) is 5.73 Å². The second-order valence-corrected chi connectivity index (χ2v) is 7.23. The van der Waals surface area contributed by atoms with Crippen LogP contribution in [0, 0.1) is 0 Å².